The lowest BCUT2D eigenvalue weighted by Gasteiger charge is -2.37. The van der Waals surface area contributed by atoms with Gasteiger partial charge in [-0.3, -0.25) is 9.59 Å². The quantitative estimate of drug-likeness (QED) is 0.276. The molecule has 0 bridgehead atoms. The van der Waals surface area contributed by atoms with E-state index in [0.29, 0.717) is 25.4 Å². The fraction of sp³-hybridized carbons (Fsp3) is 0.455. The predicted molar refractivity (Wildman–Crippen MR) is 168 cm³/mol. The highest BCUT2D eigenvalue weighted by molar-refractivity contribution is 7.88. The molecule has 4 N–H and O–H groups in total. The lowest BCUT2D eigenvalue weighted by Crippen LogP contribution is -2.51. The zero-order valence-corrected chi connectivity index (χ0v) is 26.4. The number of nitrogens with zero attached hydrogens (tertiary/aromatic N) is 1. The molecule has 1 aliphatic heterocycles. The summed E-state index contributed by atoms with van der Waals surface area (Å²) >= 11 is 0. The van der Waals surface area contributed by atoms with Crippen LogP contribution in [0.15, 0.2) is 83.2 Å². The number of hydrogen-bond acceptors (Lipinski definition) is 6. The molecule has 2 aromatic rings. The van der Waals surface area contributed by atoms with E-state index >= 15 is 0 Å². The van der Waals surface area contributed by atoms with Gasteiger partial charge in [-0.2, -0.15) is 0 Å². The lowest BCUT2D eigenvalue weighted by atomic mass is 9.82. The molecule has 0 spiro atoms. The molecule has 1 saturated carbocycles. The van der Waals surface area contributed by atoms with Crippen LogP contribution in [-0.4, -0.2) is 60.6 Å². The molecule has 0 radical (unpaired) electrons. The van der Waals surface area contributed by atoms with Crippen molar-refractivity contribution in [3.05, 3.63) is 94.3 Å². The van der Waals surface area contributed by atoms with Crippen molar-refractivity contribution in [2.45, 2.75) is 77.6 Å². The number of hydrogen-bond donors (Lipinski definition) is 4. The minimum atomic E-state index is -3.88. The third kappa shape index (κ3) is 7.93. The Kier molecular flexibility index (Phi) is 10.5. The van der Waals surface area contributed by atoms with Crippen molar-refractivity contribution in [1.82, 2.24) is 20.3 Å². The van der Waals surface area contributed by atoms with E-state index in [-0.39, 0.29) is 28.6 Å². The van der Waals surface area contributed by atoms with Gasteiger partial charge in [0.05, 0.1) is 24.4 Å². The van der Waals surface area contributed by atoms with E-state index in [0.717, 1.165) is 34.5 Å². The Morgan fingerprint density at radius 2 is 1.47 bits per heavy atom. The minimum absolute atomic E-state index is 0.205. The number of rotatable bonds is 13. The summed E-state index contributed by atoms with van der Waals surface area (Å²) in [5, 5.41) is 20.5. The van der Waals surface area contributed by atoms with E-state index in [2.05, 4.69) is 16.0 Å². The van der Waals surface area contributed by atoms with Crippen molar-refractivity contribution in [3.63, 3.8) is 0 Å². The second-order valence-corrected chi connectivity index (χ2v) is 13.4. The minimum Gasteiger partial charge on any atom is -0.390 e. The number of nitrogens with one attached hydrogen (secondary N) is 3. The predicted octanol–water partition coefficient (Wildman–Crippen LogP) is 3.55. The molecule has 2 unspecified atom stereocenters. The van der Waals surface area contributed by atoms with Crippen LogP contribution in [0.5, 0.6) is 0 Å². The number of carbonyl (C=O) groups excluding carboxylic acids is 2. The first-order chi connectivity index (χ1) is 20.4. The molecule has 10 heteroatoms. The fourth-order valence-corrected chi connectivity index (χ4v) is 7.08. The molecule has 0 aromatic heterocycles. The van der Waals surface area contributed by atoms with E-state index in [1.807, 2.05) is 74.5 Å². The van der Waals surface area contributed by atoms with E-state index in [1.165, 1.54) is 0 Å². The van der Waals surface area contributed by atoms with Gasteiger partial charge in [-0.15, -0.1) is 0 Å². The molecule has 1 aliphatic carbocycles. The molecule has 232 valence electrons. The van der Waals surface area contributed by atoms with E-state index in [1.54, 1.807) is 13.8 Å². The first-order valence-corrected chi connectivity index (χ1v) is 16.8. The number of aliphatic hydroxyl groups is 1. The Labute approximate surface area is 255 Å². The van der Waals surface area contributed by atoms with Crippen LogP contribution in [0.25, 0.3) is 0 Å². The summed E-state index contributed by atoms with van der Waals surface area (Å²) < 4.78 is 27.2. The van der Waals surface area contributed by atoms with E-state index in [9.17, 15) is 23.1 Å². The number of aliphatic hydroxyl groups excluding tert-OH is 1. The summed E-state index contributed by atoms with van der Waals surface area (Å²) in [6.07, 6.45) is 3.09. The zero-order valence-electron chi connectivity index (χ0n) is 25.6. The highest BCUT2D eigenvalue weighted by atomic mass is 32.2. The number of allylic oxidation sites excluding steroid dienone is 2. The molecule has 1 heterocycles. The molecule has 43 heavy (non-hydrogen) atoms. The van der Waals surface area contributed by atoms with Gasteiger partial charge in [0, 0.05) is 41.0 Å². The Morgan fingerprint density at radius 1 is 0.930 bits per heavy atom. The number of amides is 2. The summed E-state index contributed by atoms with van der Waals surface area (Å²) in [5.74, 6) is -1.58. The van der Waals surface area contributed by atoms with Gasteiger partial charge >= 0.3 is 0 Å². The van der Waals surface area contributed by atoms with Crippen LogP contribution in [0.4, 0.5) is 0 Å². The van der Waals surface area contributed by atoms with Gasteiger partial charge in [0.2, 0.25) is 21.8 Å². The molecule has 9 nitrogen and oxygen atoms in total. The van der Waals surface area contributed by atoms with Crippen molar-refractivity contribution in [2.24, 2.45) is 5.92 Å². The third-order valence-electron chi connectivity index (χ3n) is 8.23. The van der Waals surface area contributed by atoms with Gasteiger partial charge in [0.15, 0.2) is 0 Å². The Morgan fingerprint density at radius 3 is 1.98 bits per heavy atom. The van der Waals surface area contributed by atoms with Gasteiger partial charge < -0.3 is 21.1 Å². The van der Waals surface area contributed by atoms with Crippen molar-refractivity contribution >= 4 is 21.8 Å². The topological polar surface area (TPSA) is 128 Å². The average molecular weight is 609 g/mol. The highest BCUT2D eigenvalue weighted by Crippen LogP contribution is 2.39. The maximum Gasteiger partial charge on any atom is 0.250 e. The third-order valence-corrected chi connectivity index (χ3v) is 9.45. The van der Waals surface area contributed by atoms with E-state index in [4.69, 9.17) is 0 Å². The summed E-state index contributed by atoms with van der Waals surface area (Å²) in [6.45, 7) is 7.26. The normalized spacial score (nSPS) is 19.6. The Hall–Kier alpha value is -3.47. The van der Waals surface area contributed by atoms with Crippen LogP contribution in [-0.2, 0) is 26.0 Å². The number of benzene rings is 2. The van der Waals surface area contributed by atoms with Crippen molar-refractivity contribution in [3.8, 4) is 0 Å². The van der Waals surface area contributed by atoms with Gasteiger partial charge in [-0.05, 0) is 57.6 Å². The van der Waals surface area contributed by atoms with Gasteiger partial charge in [0.25, 0.3) is 0 Å². The van der Waals surface area contributed by atoms with Crippen molar-refractivity contribution in [2.75, 3.05) is 12.8 Å². The SMILES string of the molecule is CCC1C(C(=O)NC(C)c2ccccc2)=C(C)N(S(C)(=O)=O)C(C)=C1C(=O)N[C@@H](Cc1ccccc1)[C@H](O)CNC1CC1. The lowest BCUT2D eigenvalue weighted by molar-refractivity contribution is -0.120. The van der Waals surface area contributed by atoms with Crippen LogP contribution < -0.4 is 16.0 Å². The Bertz CT molecular complexity index is 1470. The smallest absolute Gasteiger partial charge is 0.250 e. The molecule has 0 saturated heterocycles. The summed E-state index contributed by atoms with van der Waals surface area (Å²) in [5.41, 5.74) is 2.82. The van der Waals surface area contributed by atoms with Crippen LogP contribution in [0, 0.1) is 5.92 Å². The number of sulfonamides is 1. The van der Waals surface area contributed by atoms with Gasteiger partial charge in [-0.1, -0.05) is 67.6 Å². The molecule has 2 aliphatic rings. The van der Waals surface area contributed by atoms with Gasteiger partial charge in [0.1, 0.15) is 0 Å². The molecule has 2 aromatic carbocycles. The number of carbonyl (C=O) groups is 2. The highest BCUT2D eigenvalue weighted by Gasteiger charge is 2.41. The first-order valence-electron chi connectivity index (χ1n) is 15.0. The second kappa shape index (κ2) is 13.9. The summed E-state index contributed by atoms with van der Waals surface area (Å²) in [7, 11) is -3.88. The average Bonchev–Trinajstić information content (AvgIpc) is 3.80. The van der Waals surface area contributed by atoms with Crippen molar-refractivity contribution < 1.29 is 23.1 Å². The second-order valence-electron chi connectivity index (χ2n) is 11.6. The largest absolute Gasteiger partial charge is 0.390 e. The molecule has 4 atom stereocenters. The molecule has 2 amide bonds. The summed E-state index contributed by atoms with van der Waals surface area (Å²) in [6, 6.07) is 18.5. The molecular formula is C33H44N4O5S. The van der Waals surface area contributed by atoms with Crippen LogP contribution in [0.1, 0.15) is 64.1 Å². The summed E-state index contributed by atoms with van der Waals surface area (Å²) in [4.78, 5) is 28.0. The fourth-order valence-electron chi connectivity index (χ4n) is 5.88. The Balaban J connectivity index is 1.67. The molecule has 1 fully saturated rings. The standard InChI is InChI=1S/C33H44N4O5S/c1-6-27-30(32(39)35-21(2)25-15-11-8-12-16-25)22(3)37(43(5,41)42)23(4)31(27)33(40)36-28(19-24-13-9-7-10-14-24)29(38)20-34-26-17-18-26/h7-16,21,26-29,34,38H,6,17-20H2,1-5H3,(H,35,39)(H,36,40)/t21?,27?,28-,29+/m0/s1. The maximum atomic E-state index is 14.1. The molecular weight excluding hydrogens is 564 g/mol. The van der Waals surface area contributed by atoms with E-state index < -0.39 is 39.9 Å². The van der Waals surface area contributed by atoms with Crippen LogP contribution >= 0.6 is 0 Å². The van der Waals surface area contributed by atoms with Crippen LogP contribution in [0.2, 0.25) is 0 Å². The first kappa shape index (κ1) is 32.4. The van der Waals surface area contributed by atoms with Crippen molar-refractivity contribution in [1.29, 1.82) is 0 Å². The monoisotopic (exact) mass is 608 g/mol. The van der Waals surface area contributed by atoms with Crippen LogP contribution in [0.3, 0.4) is 0 Å². The zero-order chi connectivity index (χ0) is 31.3. The maximum absolute atomic E-state index is 14.1. The van der Waals surface area contributed by atoms with Gasteiger partial charge in [-0.25, -0.2) is 12.7 Å². The molecule has 4 rings (SSSR count).